The summed E-state index contributed by atoms with van der Waals surface area (Å²) < 4.78 is 10.8. The average molecular weight is 495 g/mol. The summed E-state index contributed by atoms with van der Waals surface area (Å²) in [6, 6.07) is 18.9. The molecule has 0 saturated heterocycles. The normalized spacial score (nSPS) is 11.6. The summed E-state index contributed by atoms with van der Waals surface area (Å²) in [7, 11) is 0. The molecule has 0 heterocycles. The number of ketones is 2. The zero-order valence-electron chi connectivity index (χ0n) is 21.9. The fourth-order valence-corrected chi connectivity index (χ4v) is 3.47. The minimum atomic E-state index is -0.793. The number of ether oxygens (including phenoxy) is 2. The van der Waals surface area contributed by atoms with Crippen LogP contribution in [0.4, 0.5) is 0 Å². The van der Waals surface area contributed by atoms with Crippen molar-refractivity contribution in [1.29, 1.82) is 0 Å². The lowest BCUT2D eigenvalue weighted by Gasteiger charge is -2.22. The Balaban J connectivity index is 1.66. The SMILES string of the molecule is CC(C)(CCC(=O)CCC(=O)CCC(C)(C)C(=O)OCc1ccccc1)C(=O)OCc1ccccc1. The molecule has 0 fully saturated rings. The minimum Gasteiger partial charge on any atom is -0.460 e. The van der Waals surface area contributed by atoms with Gasteiger partial charge in [0.2, 0.25) is 0 Å². The molecule has 0 spiro atoms. The molecule has 2 rings (SSSR count). The third kappa shape index (κ3) is 10.1. The van der Waals surface area contributed by atoms with Gasteiger partial charge in [-0.2, -0.15) is 0 Å². The number of rotatable bonds is 15. The summed E-state index contributed by atoms with van der Waals surface area (Å²) in [5.74, 6) is -0.823. The van der Waals surface area contributed by atoms with E-state index in [2.05, 4.69) is 0 Å². The molecule has 194 valence electrons. The predicted molar refractivity (Wildman–Crippen MR) is 138 cm³/mol. The highest BCUT2D eigenvalue weighted by atomic mass is 16.5. The molecule has 0 aliphatic carbocycles. The molecular weight excluding hydrogens is 456 g/mol. The molecule has 0 aromatic heterocycles. The van der Waals surface area contributed by atoms with E-state index in [0.29, 0.717) is 12.8 Å². The lowest BCUT2D eigenvalue weighted by Crippen LogP contribution is -2.28. The number of benzene rings is 2. The van der Waals surface area contributed by atoms with E-state index in [-0.39, 0.29) is 62.4 Å². The van der Waals surface area contributed by atoms with Crippen LogP contribution in [0.25, 0.3) is 0 Å². The number of carbonyl (C=O) groups is 4. The van der Waals surface area contributed by atoms with Crippen LogP contribution < -0.4 is 0 Å². The van der Waals surface area contributed by atoms with Gasteiger partial charge in [0, 0.05) is 25.7 Å². The Morgan fingerprint density at radius 1 is 0.556 bits per heavy atom. The van der Waals surface area contributed by atoms with Crippen molar-refractivity contribution in [2.24, 2.45) is 10.8 Å². The highest BCUT2D eigenvalue weighted by Crippen LogP contribution is 2.27. The van der Waals surface area contributed by atoms with Gasteiger partial charge in [0.05, 0.1) is 10.8 Å². The van der Waals surface area contributed by atoms with E-state index in [1.54, 1.807) is 27.7 Å². The molecule has 0 radical (unpaired) electrons. The second kappa shape index (κ2) is 13.7. The van der Waals surface area contributed by atoms with Crippen LogP contribution in [0.2, 0.25) is 0 Å². The van der Waals surface area contributed by atoms with Crippen molar-refractivity contribution in [2.45, 2.75) is 79.4 Å². The van der Waals surface area contributed by atoms with Crippen LogP contribution in [0.5, 0.6) is 0 Å². The molecule has 2 aromatic carbocycles. The minimum absolute atomic E-state index is 0.0613. The summed E-state index contributed by atoms with van der Waals surface area (Å²) in [6.45, 7) is 7.44. The first-order chi connectivity index (χ1) is 17.0. The Morgan fingerprint density at radius 3 is 1.22 bits per heavy atom. The molecule has 0 aliphatic rings. The third-order valence-corrected chi connectivity index (χ3v) is 6.27. The lowest BCUT2D eigenvalue weighted by atomic mass is 9.85. The fraction of sp³-hybridized carbons (Fsp3) is 0.467. The Bertz CT molecular complexity index is 925. The average Bonchev–Trinajstić information content (AvgIpc) is 2.87. The summed E-state index contributed by atoms with van der Waals surface area (Å²) in [5.41, 5.74) is 0.227. The second-order valence-electron chi connectivity index (χ2n) is 10.5. The van der Waals surface area contributed by atoms with Crippen LogP contribution in [-0.4, -0.2) is 23.5 Å². The first-order valence-corrected chi connectivity index (χ1v) is 12.5. The Hall–Kier alpha value is -3.28. The highest BCUT2D eigenvalue weighted by Gasteiger charge is 2.31. The van der Waals surface area contributed by atoms with Gasteiger partial charge in [0.25, 0.3) is 0 Å². The van der Waals surface area contributed by atoms with Gasteiger partial charge in [-0.25, -0.2) is 0 Å². The van der Waals surface area contributed by atoms with E-state index in [9.17, 15) is 19.2 Å². The summed E-state index contributed by atoms with van der Waals surface area (Å²) in [4.78, 5) is 49.6. The van der Waals surface area contributed by atoms with Gasteiger partial charge < -0.3 is 9.47 Å². The van der Waals surface area contributed by atoms with Gasteiger partial charge in [0.1, 0.15) is 24.8 Å². The molecular formula is C30H38O6. The fourth-order valence-electron chi connectivity index (χ4n) is 3.47. The predicted octanol–water partition coefficient (Wildman–Crippen LogP) is 6.00. The second-order valence-corrected chi connectivity index (χ2v) is 10.5. The maximum atomic E-state index is 12.5. The van der Waals surface area contributed by atoms with Crippen molar-refractivity contribution in [3.63, 3.8) is 0 Å². The van der Waals surface area contributed by atoms with Crippen LogP contribution in [0.3, 0.4) is 0 Å². The van der Waals surface area contributed by atoms with Gasteiger partial charge in [-0.1, -0.05) is 60.7 Å². The van der Waals surface area contributed by atoms with Crippen LogP contribution >= 0.6 is 0 Å². The van der Waals surface area contributed by atoms with Gasteiger partial charge in [0.15, 0.2) is 0 Å². The maximum Gasteiger partial charge on any atom is 0.311 e. The quantitative estimate of drug-likeness (QED) is 0.282. The molecule has 6 nitrogen and oxygen atoms in total. The molecule has 6 heteroatoms. The van der Waals surface area contributed by atoms with Crippen molar-refractivity contribution < 1.29 is 28.7 Å². The molecule has 2 aromatic rings. The molecule has 36 heavy (non-hydrogen) atoms. The van der Waals surface area contributed by atoms with Crippen molar-refractivity contribution >= 4 is 23.5 Å². The van der Waals surface area contributed by atoms with Crippen molar-refractivity contribution in [3.05, 3.63) is 71.8 Å². The molecule has 0 N–H and O–H groups in total. The zero-order chi connectivity index (χ0) is 26.6. The standard InChI is InChI=1S/C30H38O6/c1-29(2,27(33)35-21-23-11-7-5-8-12-23)19-17-25(31)15-16-26(32)18-20-30(3,4)28(34)36-22-24-13-9-6-10-14-24/h5-14H,15-22H2,1-4H3. The first-order valence-electron chi connectivity index (χ1n) is 12.5. The molecule has 0 aliphatic heterocycles. The number of esters is 2. The third-order valence-electron chi connectivity index (χ3n) is 6.27. The molecule has 0 saturated carbocycles. The van der Waals surface area contributed by atoms with Crippen molar-refractivity contribution in [3.8, 4) is 0 Å². The number of carbonyl (C=O) groups excluding carboxylic acids is 4. The molecule has 0 atom stereocenters. The number of hydrogen-bond acceptors (Lipinski definition) is 6. The van der Waals surface area contributed by atoms with Crippen molar-refractivity contribution in [2.75, 3.05) is 0 Å². The van der Waals surface area contributed by atoms with Crippen molar-refractivity contribution in [1.82, 2.24) is 0 Å². The number of Topliss-reactive ketones (excluding diaryl/α,β-unsaturated/α-hetero) is 2. The van der Waals surface area contributed by atoms with Gasteiger partial charge in [-0.3, -0.25) is 19.2 Å². The zero-order valence-corrected chi connectivity index (χ0v) is 21.9. The first kappa shape index (κ1) is 29.0. The van der Waals surface area contributed by atoms with Crippen LogP contribution in [0.15, 0.2) is 60.7 Å². The largest absolute Gasteiger partial charge is 0.460 e. The molecule has 0 unspecified atom stereocenters. The van der Waals surface area contributed by atoms with E-state index in [1.807, 2.05) is 60.7 Å². The van der Waals surface area contributed by atoms with Crippen LogP contribution in [-0.2, 0) is 41.9 Å². The monoisotopic (exact) mass is 494 g/mol. The molecule has 0 bridgehead atoms. The Kier molecular flexibility index (Phi) is 11.0. The van der Waals surface area contributed by atoms with E-state index in [0.717, 1.165) is 11.1 Å². The topological polar surface area (TPSA) is 86.7 Å². The van der Waals surface area contributed by atoms with Crippen LogP contribution in [0.1, 0.15) is 77.3 Å². The van der Waals surface area contributed by atoms with E-state index in [4.69, 9.17) is 9.47 Å². The molecule has 0 amide bonds. The van der Waals surface area contributed by atoms with Crippen LogP contribution in [0, 0.1) is 10.8 Å². The lowest BCUT2D eigenvalue weighted by molar-refractivity contribution is -0.156. The van der Waals surface area contributed by atoms with E-state index >= 15 is 0 Å². The Morgan fingerprint density at radius 2 is 0.889 bits per heavy atom. The van der Waals surface area contributed by atoms with E-state index in [1.165, 1.54) is 0 Å². The Labute approximate surface area is 214 Å². The summed E-state index contributed by atoms with van der Waals surface area (Å²) >= 11 is 0. The summed E-state index contributed by atoms with van der Waals surface area (Å²) in [6.07, 6.45) is 1.39. The highest BCUT2D eigenvalue weighted by molar-refractivity contribution is 5.87. The maximum absolute atomic E-state index is 12.5. The van der Waals surface area contributed by atoms with Gasteiger partial charge in [-0.15, -0.1) is 0 Å². The smallest absolute Gasteiger partial charge is 0.311 e. The van der Waals surface area contributed by atoms with Gasteiger partial charge >= 0.3 is 11.9 Å². The number of hydrogen-bond donors (Lipinski definition) is 0. The van der Waals surface area contributed by atoms with E-state index < -0.39 is 10.8 Å². The summed E-state index contributed by atoms with van der Waals surface area (Å²) in [5, 5.41) is 0. The van der Waals surface area contributed by atoms with Gasteiger partial charge in [-0.05, 0) is 51.7 Å².